The van der Waals surface area contributed by atoms with E-state index in [1.165, 1.54) is 28.3 Å². The number of benzene rings is 2. The van der Waals surface area contributed by atoms with E-state index in [-0.39, 0.29) is 23.4 Å². The first-order valence-corrected chi connectivity index (χ1v) is 11.4. The average molecular weight is 422 g/mol. The number of carbonyl (C=O) groups is 2. The zero-order valence-corrected chi connectivity index (χ0v) is 17.7. The molecule has 6 nitrogen and oxygen atoms in total. The molecule has 7 heteroatoms. The highest BCUT2D eigenvalue weighted by Crippen LogP contribution is 2.34. The van der Waals surface area contributed by atoms with Crippen molar-refractivity contribution in [2.45, 2.75) is 37.8 Å². The standard InChI is InChI=1S/C23H23N3O3S/c1-14-24-25-23(29-14)30-13-20(27)26-11-3-5-17(12-26)22(28)19-10-9-16-8-7-15-4-2-6-18(19)21(15)16/h2,4,6,9-10,17H,3,5,7-8,11-13H2,1H3/t17-/m0/s1. The van der Waals surface area contributed by atoms with Crippen molar-refractivity contribution in [3.05, 3.63) is 52.9 Å². The number of nitrogens with zero attached hydrogens (tertiary/aromatic N) is 3. The van der Waals surface area contributed by atoms with Gasteiger partial charge >= 0.3 is 0 Å². The van der Waals surface area contributed by atoms with E-state index >= 15 is 0 Å². The van der Waals surface area contributed by atoms with Gasteiger partial charge in [-0.2, -0.15) is 0 Å². The minimum absolute atomic E-state index is 0.00811. The lowest BCUT2D eigenvalue weighted by Crippen LogP contribution is -2.43. The van der Waals surface area contributed by atoms with Crippen LogP contribution in [0.25, 0.3) is 10.8 Å². The van der Waals surface area contributed by atoms with Gasteiger partial charge in [-0.1, -0.05) is 42.1 Å². The van der Waals surface area contributed by atoms with Gasteiger partial charge in [0.2, 0.25) is 11.8 Å². The number of thioether (sulfide) groups is 1. The molecule has 1 fully saturated rings. The van der Waals surface area contributed by atoms with Crippen LogP contribution in [0.4, 0.5) is 0 Å². The summed E-state index contributed by atoms with van der Waals surface area (Å²) in [5.41, 5.74) is 3.48. The van der Waals surface area contributed by atoms with Crippen LogP contribution in [0.3, 0.4) is 0 Å². The third kappa shape index (κ3) is 3.51. The highest BCUT2D eigenvalue weighted by molar-refractivity contribution is 7.99. The molecule has 0 radical (unpaired) electrons. The number of hydrogen-bond donors (Lipinski definition) is 0. The van der Waals surface area contributed by atoms with Gasteiger partial charge in [-0.25, -0.2) is 0 Å². The molecule has 30 heavy (non-hydrogen) atoms. The fourth-order valence-electron chi connectivity index (χ4n) is 4.65. The molecule has 0 saturated carbocycles. The fourth-order valence-corrected chi connectivity index (χ4v) is 5.36. The van der Waals surface area contributed by atoms with E-state index in [4.69, 9.17) is 4.42 Å². The van der Waals surface area contributed by atoms with E-state index in [1.54, 1.807) is 6.92 Å². The number of Topliss-reactive ketones (excluding diaryl/α,β-unsaturated/α-hetero) is 1. The highest BCUT2D eigenvalue weighted by Gasteiger charge is 2.30. The maximum Gasteiger partial charge on any atom is 0.277 e. The smallest absolute Gasteiger partial charge is 0.277 e. The molecule has 2 heterocycles. The molecule has 2 aromatic carbocycles. The van der Waals surface area contributed by atoms with Gasteiger partial charge in [-0.3, -0.25) is 9.59 Å². The van der Waals surface area contributed by atoms with Gasteiger partial charge in [0.25, 0.3) is 5.22 Å². The summed E-state index contributed by atoms with van der Waals surface area (Å²) in [6.07, 6.45) is 3.76. The number of piperidine rings is 1. The number of aryl methyl sites for hydroxylation is 3. The molecule has 1 amide bonds. The van der Waals surface area contributed by atoms with Crippen molar-refractivity contribution in [1.82, 2.24) is 15.1 Å². The fraction of sp³-hybridized carbons (Fsp3) is 0.391. The minimum atomic E-state index is -0.156. The first kappa shape index (κ1) is 19.3. The lowest BCUT2D eigenvalue weighted by Gasteiger charge is -2.32. The Kier molecular flexibility index (Phi) is 5.06. The van der Waals surface area contributed by atoms with Gasteiger partial charge in [-0.15, -0.1) is 10.2 Å². The van der Waals surface area contributed by atoms with Crippen LogP contribution in [0.5, 0.6) is 0 Å². The van der Waals surface area contributed by atoms with Crippen molar-refractivity contribution in [3.8, 4) is 0 Å². The van der Waals surface area contributed by atoms with Gasteiger partial charge in [-0.05, 0) is 47.6 Å². The van der Waals surface area contributed by atoms with Gasteiger partial charge in [0, 0.05) is 31.5 Å². The third-order valence-electron chi connectivity index (χ3n) is 6.11. The van der Waals surface area contributed by atoms with Crippen LogP contribution in [0, 0.1) is 12.8 Å². The number of aromatic nitrogens is 2. The Morgan fingerprint density at radius 3 is 2.80 bits per heavy atom. The number of amides is 1. The largest absolute Gasteiger partial charge is 0.416 e. The van der Waals surface area contributed by atoms with Crippen molar-refractivity contribution in [1.29, 1.82) is 0 Å². The van der Waals surface area contributed by atoms with Crippen LogP contribution in [0.15, 0.2) is 40.0 Å². The molecule has 3 aromatic rings. The first-order chi connectivity index (χ1) is 14.6. The van der Waals surface area contributed by atoms with Crippen LogP contribution in [-0.4, -0.2) is 45.6 Å². The second-order valence-corrected chi connectivity index (χ2v) is 8.96. The number of carbonyl (C=O) groups excluding carboxylic acids is 2. The molecule has 5 rings (SSSR count). The molecule has 1 aliphatic carbocycles. The maximum atomic E-state index is 13.4. The second kappa shape index (κ2) is 7.87. The van der Waals surface area contributed by atoms with E-state index in [1.807, 2.05) is 11.0 Å². The third-order valence-corrected chi connectivity index (χ3v) is 6.92. The molecule has 0 spiro atoms. The summed E-state index contributed by atoms with van der Waals surface area (Å²) in [5.74, 6) is 0.733. The molecular weight excluding hydrogens is 398 g/mol. The number of hydrogen-bond acceptors (Lipinski definition) is 6. The van der Waals surface area contributed by atoms with Crippen molar-refractivity contribution in [3.63, 3.8) is 0 Å². The van der Waals surface area contributed by atoms with Crippen molar-refractivity contribution in [2.75, 3.05) is 18.8 Å². The quantitative estimate of drug-likeness (QED) is 0.460. The molecule has 154 valence electrons. The lowest BCUT2D eigenvalue weighted by atomic mass is 9.87. The normalized spacial score (nSPS) is 18.2. The molecule has 0 bridgehead atoms. The van der Waals surface area contributed by atoms with Crippen molar-refractivity contribution < 1.29 is 14.0 Å². The summed E-state index contributed by atoms with van der Waals surface area (Å²) in [4.78, 5) is 27.9. The molecule has 1 atom stereocenters. The summed E-state index contributed by atoms with van der Waals surface area (Å²) < 4.78 is 5.32. The van der Waals surface area contributed by atoms with E-state index in [0.717, 1.165) is 36.6 Å². The Morgan fingerprint density at radius 2 is 2.00 bits per heavy atom. The predicted octanol–water partition coefficient (Wildman–Crippen LogP) is 3.84. The predicted molar refractivity (Wildman–Crippen MR) is 115 cm³/mol. The molecule has 0 unspecified atom stereocenters. The van der Waals surface area contributed by atoms with Gasteiger partial charge in [0.1, 0.15) is 0 Å². The molecule has 1 aromatic heterocycles. The second-order valence-electron chi connectivity index (χ2n) is 8.03. The monoisotopic (exact) mass is 421 g/mol. The maximum absolute atomic E-state index is 13.4. The summed E-state index contributed by atoms with van der Waals surface area (Å²) >= 11 is 1.24. The van der Waals surface area contributed by atoms with E-state index in [0.29, 0.717) is 24.2 Å². The molecular formula is C23H23N3O3S. The first-order valence-electron chi connectivity index (χ1n) is 10.4. The highest BCUT2D eigenvalue weighted by atomic mass is 32.2. The van der Waals surface area contributed by atoms with Crippen LogP contribution >= 0.6 is 11.8 Å². The van der Waals surface area contributed by atoms with Crippen LogP contribution in [0.1, 0.15) is 40.2 Å². The zero-order valence-electron chi connectivity index (χ0n) is 16.9. The number of rotatable bonds is 5. The summed E-state index contributed by atoms with van der Waals surface area (Å²) in [5, 5.41) is 10.4. The number of likely N-dealkylation sites (tertiary alicyclic amines) is 1. The van der Waals surface area contributed by atoms with Gasteiger partial charge < -0.3 is 9.32 Å². The Balaban J connectivity index is 1.31. The average Bonchev–Trinajstić information content (AvgIpc) is 3.39. The lowest BCUT2D eigenvalue weighted by molar-refractivity contribution is -0.129. The summed E-state index contributed by atoms with van der Waals surface area (Å²) in [6, 6.07) is 10.4. The molecule has 2 aliphatic rings. The zero-order chi connectivity index (χ0) is 20.7. The van der Waals surface area contributed by atoms with Crippen LogP contribution in [0.2, 0.25) is 0 Å². The van der Waals surface area contributed by atoms with Crippen LogP contribution in [-0.2, 0) is 17.6 Å². The minimum Gasteiger partial charge on any atom is -0.416 e. The topological polar surface area (TPSA) is 76.3 Å². The van der Waals surface area contributed by atoms with E-state index < -0.39 is 0 Å². The van der Waals surface area contributed by atoms with E-state index in [9.17, 15) is 9.59 Å². The Labute approximate surface area is 179 Å². The molecule has 1 saturated heterocycles. The van der Waals surface area contributed by atoms with Crippen LogP contribution < -0.4 is 0 Å². The van der Waals surface area contributed by atoms with Crippen molar-refractivity contribution >= 4 is 34.2 Å². The SMILES string of the molecule is Cc1nnc(SCC(=O)N2CCC[C@H](C(=O)c3ccc4c5c(cccc35)CC4)C2)o1. The Morgan fingerprint density at radius 1 is 1.17 bits per heavy atom. The molecule has 1 aliphatic heterocycles. The Hall–Kier alpha value is -2.67. The van der Waals surface area contributed by atoms with Crippen molar-refractivity contribution in [2.24, 2.45) is 5.92 Å². The number of ketones is 1. The van der Waals surface area contributed by atoms with E-state index in [2.05, 4.69) is 34.5 Å². The van der Waals surface area contributed by atoms with Gasteiger partial charge in [0.05, 0.1) is 5.75 Å². The summed E-state index contributed by atoms with van der Waals surface area (Å²) in [7, 11) is 0. The van der Waals surface area contributed by atoms with Gasteiger partial charge in [0.15, 0.2) is 5.78 Å². The summed E-state index contributed by atoms with van der Waals surface area (Å²) in [6.45, 7) is 2.89. The Bertz CT molecular complexity index is 1130. The molecule has 0 N–H and O–H groups in total.